The molecule has 70 valence electrons. The van der Waals surface area contributed by atoms with Gasteiger partial charge in [-0.3, -0.25) is 0 Å². The summed E-state index contributed by atoms with van der Waals surface area (Å²) < 4.78 is 0. The van der Waals surface area contributed by atoms with Crippen molar-refractivity contribution < 1.29 is 0 Å². The number of nitrogens with one attached hydrogen (secondary N) is 1. The fraction of sp³-hybridized carbons (Fsp3) is 0.818. The van der Waals surface area contributed by atoms with Gasteiger partial charge in [-0.15, -0.1) is 6.58 Å². The molecule has 1 saturated carbocycles. The van der Waals surface area contributed by atoms with Crippen LogP contribution >= 0.6 is 0 Å². The monoisotopic (exact) mass is 167 g/mol. The Kier molecular flexibility index (Phi) is 4.37. The molecule has 0 aromatic heterocycles. The quantitative estimate of drug-likeness (QED) is 0.490. The lowest BCUT2D eigenvalue weighted by atomic mass is 10.00. The first-order valence-corrected chi connectivity index (χ1v) is 5.19. The maximum atomic E-state index is 3.72. The molecule has 1 fully saturated rings. The second-order valence-corrected chi connectivity index (χ2v) is 3.86. The van der Waals surface area contributed by atoms with E-state index in [1.165, 1.54) is 25.7 Å². The van der Waals surface area contributed by atoms with Gasteiger partial charge in [0.1, 0.15) is 0 Å². The van der Waals surface area contributed by atoms with Crippen LogP contribution in [-0.2, 0) is 0 Å². The fourth-order valence-corrected chi connectivity index (χ4v) is 2.04. The van der Waals surface area contributed by atoms with Crippen molar-refractivity contribution in [2.75, 3.05) is 6.54 Å². The molecule has 12 heavy (non-hydrogen) atoms. The van der Waals surface area contributed by atoms with Crippen LogP contribution in [0, 0.1) is 5.92 Å². The molecular formula is C11H21N. The van der Waals surface area contributed by atoms with E-state index in [0.717, 1.165) is 18.9 Å². The van der Waals surface area contributed by atoms with E-state index in [9.17, 15) is 0 Å². The van der Waals surface area contributed by atoms with Crippen LogP contribution in [0.3, 0.4) is 0 Å². The van der Waals surface area contributed by atoms with Crippen molar-refractivity contribution in [3.63, 3.8) is 0 Å². The highest BCUT2D eigenvalue weighted by Gasteiger charge is 2.20. The van der Waals surface area contributed by atoms with Crippen LogP contribution in [0.15, 0.2) is 12.7 Å². The van der Waals surface area contributed by atoms with Crippen LogP contribution in [0.1, 0.15) is 39.0 Å². The summed E-state index contributed by atoms with van der Waals surface area (Å²) in [6, 6.07) is 0.715. The van der Waals surface area contributed by atoms with Crippen LogP contribution in [0.2, 0.25) is 0 Å². The number of hydrogen-bond acceptors (Lipinski definition) is 1. The molecule has 1 heteroatoms. The van der Waals surface area contributed by atoms with Gasteiger partial charge >= 0.3 is 0 Å². The highest BCUT2D eigenvalue weighted by Crippen LogP contribution is 2.27. The van der Waals surface area contributed by atoms with Gasteiger partial charge in [-0.05, 0) is 38.6 Å². The van der Waals surface area contributed by atoms with Crippen molar-refractivity contribution in [1.29, 1.82) is 0 Å². The Morgan fingerprint density at radius 1 is 1.50 bits per heavy atom. The minimum atomic E-state index is 0.715. The molecule has 0 heterocycles. The van der Waals surface area contributed by atoms with Crippen molar-refractivity contribution in [1.82, 2.24) is 5.32 Å². The summed E-state index contributed by atoms with van der Waals surface area (Å²) in [4.78, 5) is 0. The van der Waals surface area contributed by atoms with Gasteiger partial charge in [0.25, 0.3) is 0 Å². The van der Waals surface area contributed by atoms with Crippen molar-refractivity contribution in [3.05, 3.63) is 12.7 Å². The molecular weight excluding hydrogens is 146 g/mol. The molecule has 1 atom stereocenters. The van der Waals surface area contributed by atoms with Crippen LogP contribution in [0.5, 0.6) is 0 Å². The summed E-state index contributed by atoms with van der Waals surface area (Å²) in [5.41, 5.74) is 0. The molecule has 0 unspecified atom stereocenters. The Hall–Kier alpha value is -0.300. The lowest BCUT2D eigenvalue weighted by molar-refractivity contribution is 0.385. The van der Waals surface area contributed by atoms with Crippen molar-refractivity contribution in [2.24, 2.45) is 5.92 Å². The average molecular weight is 167 g/mol. The van der Waals surface area contributed by atoms with Crippen LogP contribution in [0.4, 0.5) is 0 Å². The molecule has 1 N–H and O–H groups in total. The largest absolute Gasteiger partial charge is 0.314 e. The van der Waals surface area contributed by atoms with E-state index in [4.69, 9.17) is 0 Å². The van der Waals surface area contributed by atoms with Crippen molar-refractivity contribution in [3.8, 4) is 0 Å². The van der Waals surface area contributed by atoms with Gasteiger partial charge in [0.2, 0.25) is 0 Å². The third-order valence-corrected chi connectivity index (χ3v) is 2.92. The first kappa shape index (κ1) is 9.79. The lowest BCUT2D eigenvalue weighted by Crippen LogP contribution is -2.32. The summed E-state index contributed by atoms with van der Waals surface area (Å²) in [5.74, 6) is 0.940. The molecule has 0 bridgehead atoms. The van der Waals surface area contributed by atoms with Crippen LogP contribution < -0.4 is 5.32 Å². The van der Waals surface area contributed by atoms with Gasteiger partial charge in [-0.2, -0.15) is 0 Å². The average Bonchev–Trinajstić information content (AvgIpc) is 2.56. The Labute approximate surface area is 76.2 Å². The molecule has 0 aromatic carbocycles. The summed E-state index contributed by atoms with van der Waals surface area (Å²) in [7, 11) is 0. The minimum absolute atomic E-state index is 0.715. The Bertz CT molecular complexity index is 125. The maximum absolute atomic E-state index is 3.72. The zero-order valence-corrected chi connectivity index (χ0v) is 8.18. The predicted molar refractivity (Wildman–Crippen MR) is 54.2 cm³/mol. The fourth-order valence-electron chi connectivity index (χ4n) is 2.04. The third kappa shape index (κ3) is 2.98. The van der Waals surface area contributed by atoms with Gasteiger partial charge in [0.05, 0.1) is 0 Å². The Morgan fingerprint density at radius 2 is 2.17 bits per heavy atom. The molecule has 1 rings (SSSR count). The highest BCUT2D eigenvalue weighted by atomic mass is 14.9. The van der Waals surface area contributed by atoms with Gasteiger partial charge in [-0.1, -0.05) is 18.9 Å². The molecule has 0 amide bonds. The predicted octanol–water partition coefficient (Wildman–Crippen LogP) is 2.73. The van der Waals surface area contributed by atoms with Crippen molar-refractivity contribution in [2.45, 2.75) is 45.1 Å². The Balaban J connectivity index is 2.09. The lowest BCUT2D eigenvalue weighted by Gasteiger charge is -2.19. The van der Waals surface area contributed by atoms with E-state index in [0.29, 0.717) is 6.04 Å². The second-order valence-electron chi connectivity index (χ2n) is 3.86. The molecule has 0 spiro atoms. The number of rotatable bonds is 5. The van der Waals surface area contributed by atoms with E-state index >= 15 is 0 Å². The smallest absolute Gasteiger partial charge is 0.00671 e. The topological polar surface area (TPSA) is 12.0 Å². The van der Waals surface area contributed by atoms with E-state index in [1.54, 1.807) is 0 Å². The standard InChI is InChI=1S/C11H21N/c1-3-4-9-12-10(2)11-7-5-6-8-11/h3,10-12H,1,4-9H2,2H3/t10-/m0/s1. The zero-order chi connectivity index (χ0) is 8.81. The number of hydrogen-bond donors (Lipinski definition) is 1. The first-order valence-electron chi connectivity index (χ1n) is 5.19. The first-order chi connectivity index (χ1) is 5.84. The van der Waals surface area contributed by atoms with E-state index < -0.39 is 0 Å². The van der Waals surface area contributed by atoms with Crippen LogP contribution in [0.25, 0.3) is 0 Å². The van der Waals surface area contributed by atoms with E-state index in [2.05, 4.69) is 18.8 Å². The summed E-state index contributed by atoms with van der Waals surface area (Å²) in [6.07, 6.45) is 8.83. The summed E-state index contributed by atoms with van der Waals surface area (Å²) in [5, 5.41) is 3.55. The summed E-state index contributed by atoms with van der Waals surface area (Å²) in [6.45, 7) is 7.13. The van der Waals surface area contributed by atoms with Crippen molar-refractivity contribution >= 4 is 0 Å². The van der Waals surface area contributed by atoms with Crippen LogP contribution in [-0.4, -0.2) is 12.6 Å². The highest BCUT2D eigenvalue weighted by molar-refractivity contribution is 4.78. The second kappa shape index (κ2) is 5.36. The minimum Gasteiger partial charge on any atom is -0.314 e. The van der Waals surface area contributed by atoms with Gasteiger partial charge in [0, 0.05) is 6.04 Å². The maximum Gasteiger partial charge on any atom is 0.00671 e. The molecule has 1 aliphatic rings. The van der Waals surface area contributed by atoms with E-state index in [-0.39, 0.29) is 0 Å². The molecule has 0 aromatic rings. The third-order valence-electron chi connectivity index (χ3n) is 2.92. The normalized spacial score (nSPS) is 21.1. The molecule has 1 aliphatic carbocycles. The molecule has 0 saturated heterocycles. The summed E-state index contributed by atoms with van der Waals surface area (Å²) >= 11 is 0. The Morgan fingerprint density at radius 3 is 2.75 bits per heavy atom. The molecule has 1 nitrogen and oxygen atoms in total. The van der Waals surface area contributed by atoms with Gasteiger partial charge in [-0.25, -0.2) is 0 Å². The van der Waals surface area contributed by atoms with Gasteiger partial charge in [0.15, 0.2) is 0 Å². The van der Waals surface area contributed by atoms with Gasteiger partial charge < -0.3 is 5.32 Å². The molecule has 0 aliphatic heterocycles. The SMILES string of the molecule is C=CCCN[C@@H](C)C1CCCC1. The zero-order valence-electron chi connectivity index (χ0n) is 8.18. The molecule has 0 radical (unpaired) electrons. The van der Waals surface area contributed by atoms with E-state index in [1.807, 2.05) is 6.08 Å².